The number of rotatable bonds is 5. The molecule has 3 aromatic rings. The fourth-order valence-electron chi connectivity index (χ4n) is 2.78. The molecule has 0 saturated heterocycles. The maximum absolute atomic E-state index is 12.2. The van der Waals surface area contributed by atoms with E-state index in [0.717, 1.165) is 10.0 Å². The maximum atomic E-state index is 12.2. The Morgan fingerprint density at radius 1 is 1.13 bits per heavy atom. The minimum Gasteiger partial charge on any atom is -0.458 e. The van der Waals surface area contributed by atoms with E-state index < -0.39 is 5.97 Å². The SMILES string of the molecule is CC(C)(C)c1ccc(C(=O)NCC(=O)OCc2cc(=O)n3cc(Br)ccc3n2)cc1. The van der Waals surface area contributed by atoms with E-state index in [1.54, 1.807) is 30.5 Å². The van der Waals surface area contributed by atoms with Crippen molar-refractivity contribution in [3.05, 3.63) is 80.3 Å². The number of esters is 1. The summed E-state index contributed by atoms with van der Waals surface area (Å²) in [4.78, 5) is 40.7. The quantitative estimate of drug-likeness (QED) is 0.576. The summed E-state index contributed by atoms with van der Waals surface area (Å²) in [6.07, 6.45) is 1.62. The number of carbonyl (C=O) groups excluding carboxylic acids is 2. The van der Waals surface area contributed by atoms with E-state index in [4.69, 9.17) is 4.74 Å². The lowest BCUT2D eigenvalue weighted by atomic mass is 9.87. The molecule has 1 amide bonds. The first-order chi connectivity index (χ1) is 14.1. The summed E-state index contributed by atoms with van der Waals surface area (Å²) in [5.74, 6) is -0.979. The van der Waals surface area contributed by atoms with E-state index in [1.165, 1.54) is 10.5 Å². The van der Waals surface area contributed by atoms with Gasteiger partial charge < -0.3 is 10.1 Å². The van der Waals surface area contributed by atoms with Crippen LogP contribution in [0.1, 0.15) is 42.4 Å². The van der Waals surface area contributed by atoms with E-state index in [1.807, 2.05) is 12.1 Å². The molecule has 0 aliphatic carbocycles. The van der Waals surface area contributed by atoms with Crippen molar-refractivity contribution in [2.45, 2.75) is 32.8 Å². The molecule has 0 fully saturated rings. The molecule has 3 rings (SSSR count). The Balaban J connectivity index is 1.55. The number of benzene rings is 1. The van der Waals surface area contributed by atoms with Crippen LogP contribution in [0.3, 0.4) is 0 Å². The van der Waals surface area contributed by atoms with Gasteiger partial charge in [-0.3, -0.25) is 18.8 Å². The summed E-state index contributed by atoms with van der Waals surface area (Å²) in [7, 11) is 0. The van der Waals surface area contributed by atoms with Crippen molar-refractivity contribution >= 4 is 33.5 Å². The average Bonchev–Trinajstić information content (AvgIpc) is 2.70. The molecule has 1 N–H and O–H groups in total. The Morgan fingerprint density at radius 2 is 1.83 bits per heavy atom. The standard InChI is InChI=1S/C22H22BrN3O4/c1-22(2,3)15-6-4-14(5-7-15)21(29)24-11-20(28)30-13-17-10-19(27)26-12-16(23)8-9-18(26)25-17/h4-10,12H,11,13H2,1-3H3,(H,24,29). The van der Waals surface area contributed by atoms with Gasteiger partial charge >= 0.3 is 5.97 Å². The maximum Gasteiger partial charge on any atom is 0.325 e. The predicted octanol–water partition coefficient (Wildman–Crippen LogP) is 3.23. The average molecular weight is 472 g/mol. The van der Waals surface area contributed by atoms with Crippen LogP contribution < -0.4 is 10.9 Å². The van der Waals surface area contributed by atoms with Gasteiger partial charge in [-0.15, -0.1) is 0 Å². The fraction of sp³-hybridized carbons (Fsp3) is 0.273. The lowest BCUT2D eigenvalue weighted by molar-refractivity contribution is -0.143. The molecule has 0 aliphatic rings. The second-order valence-corrected chi connectivity index (χ2v) is 8.75. The molecule has 156 valence electrons. The molecular weight excluding hydrogens is 450 g/mol. The Kier molecular flexibility index (Phi) is 6.36. The first-order valence-electron chi connectivity index (χ1n) is 9.36. The lowest BCUT2D eigenvalue weighted by Crippen LogP contribution is -2.30. The highest BCUT2D eigenvalue weighted by Crippen LogP contribution is 2.22. The van der Waals surface area contributed by atoms with Crippen LogP contribution in [0.25, 0.3) is 5.65 Å². The molecule has 1 aromatic carbocycles. The van der Waals surface area contributed by atoms with Gasteiger partial charge in [0.15, 0.2) is 0 Å². The molecule has 2 heterocycles. The molecule has 7 nitrogen and oxygen atoms in total. The minimum atomic E-state index is -0.618. The number of pyridine rings is 1. The summed E-state index contributed by atoms with van der Waals surface area (Å²) in [5.41, 5.74) is 2.08. The van der Waals surface area contributed by atoms with Gasteiger partial charge in [-0.1, -0.05) is 32.9 Å². The topological polar surface area (TPSA) is 89.8 Å². The highest BCUT2D eigenvalue weighted by atomic mass is 79.9. The van der Waals surface area contributed by atoms with Crippen LogP contribution in [0.4, 0.5) is 0 Å². The third-order valence-corrected chi connectivity index (χ3v) is 4.93. The Labute approximate surface area is 182 Å². The predicted molar refractivity (Wildman–Crippen MR) is 116 cm³/mol. The van der Waals surface area contributed by atoms with Crippen LogP contribution >= 0.6 is 15.9 Å². The third-order valence-electron chi connectivity index (χ3n) is 4.46. The van der Waals surface area contributed by atoms with Crippen molar-refractivity contribution in [1.82, 2.24) is 14.7 Å². The summed E-state index contributed by atoms with van der Waals surface area (Å²) in [6, 6.07) is 12.0. The van der Waals surface area contributed by atoms with Crippen molar-refractivity contribution < 1.29 is 14.3 Å². The van der Waals surface area contributed by atoms with Gasteiger partial charge in [0.1, 0.15) is 18.8 Å². The fourth-order valence-corrected chi connectivity index (χ4v) is 3.12. The first-order valence-corrected chi connectivity index (χ1v) is 10.1. The summed E-state index contributed by atoms with van der Waals surface area (Å²) in [6.45, 7) is 5.85. The van der Waals surface area contributed by atoms with Crippen molar-refractivity contribution in [1.29, 1.82) is 0 Å². The number of carbonyl (C=O) groups is 2. The number of halogens is 1. The Bertz CT molecular complexity index is 1150. The molecule has 0 spiro atoms. The van der Waals surface area contributed by atoms with E-state index >= 15 is 0 Å². The van der Waals surface area contributed by atoms with E-state index in [2.05, 4.69) is 47.0 Å². The van der Waals surface area contributed by atoms with Crippen molar-refractivity contribution in [3.63, 3.8) is 0 Å². The van der Waals surface area contributed by atoms with Crippen LogP contribution in [0, 0.1) is 0 Å². The number of hydrogen-bond acceptors (Lipinski definition) is 5. The number of fused-ring (bicyclic) bond motifs is 1. The molecule has 0 aliphatic heterocycles. The monoisotopic (exact) mass is 471 g/mol. The smallest absolute Gasteiger partial charge is 0.325 e. The number of hydrogen-bond donors (Lipinski definition) is 1. The van der Waals surface area contributed by atoms with Crippen LogP contribution in [0.2, 0.25) is 0 Å². The Hall–Kier alpha value is -3.00. The van der Waals surface area contributed by atoms with Crippen molar-refractivity contribution in [2.75, 3.05) is 6.54 Å². The van der Waals surface area contributed by atoms with Crippen LogP contribution in [0.15, 0.2) is 57.9 Å². The zero-order valence-corrected chi connectivity index (χ0v) is 18.5. The molecule has 30 heavy (non-hydrogen) atoms. The van der Waals surface area contributed by atoms with E-state index in [-0.39, 0.29) is 30.0 Å². The third kappa shape index (κ3) is 5.33. The summed E-state index contributed by atoms with van der Waals surface area (Å²) >= 11 is 3.30. The lowest BCUT2D eigenvalue weighted by Gasteiger charge is -2.19. The van der Waals surface area contributed by atoms with Crippen LogP contribution in [0.5, 0.6) is 0 Å². The minimum absolute atomic E-state index is 0.00539. The second kappa shape index (κ2) is 8.79. The molecule has 8 heteroatoms. The number of aromatic nitrogens is 2. The molecule has 2 aromatic heterocycles. The molecular formula is C22H22BrN3O4. The second-order valence-electron chi connectivity index (χ2n) is 7.83. The highest BCUT2D eigenvalue weighted by Gasteiger charge is 2.15. The van der Waals surface area contributed by atoms with Gasteiger partial charge in [-0.25, -0.2) is 4.98 Å². The van der Waals surface area contributed by atoms with Gasteiger partial charge in [-0.2, -0.15) is 0 Å². The normalized spacial score (nSPS) is 11.3. The Morgan fingerprint density at radius 3 is 2.50 bits per heavy atom. The number of ether oxygens (including phenoxy) is 1. The largest absolute Gasteiger partial charge is 0.458 e. The van der Waals surface area contributed by atoms with E-state index in [0.29, 0.717) is 16.9 Å². The van der Waals surface area contributed by atoms with Gasteiger partial charge in [0.25, 0.3) is 11.5 Å². The molecule has 0 radical (unpaired) electrons. The summed E-state index contributed by atoms with van der Waals surface area (Å²) < 4.78 is 7.27. The zero-order valence-electron chi connectivity index (χ0n) is 16.9. The first kappa shape index (κ1) is 21.7. The number of nitrogens with one attached hydrogen (secondary N) is 1. The van der Waals surface area contributed by atoms with Crippen molar-refractivity contribution in [3.8, 4) is 0 Å². The van der Waals surface area contributed by atoms with Crippen molar-refractivity contribution in [2.24, 2.45) is 0 Å². The number of nitrogens with zero attached hydrogens (tertiary/aromatic N) is 2. The van der Waals surface area contributed by atoms with Gasteiger partial charge in [0, 0.05) is 22.3 Å². The van der Waals surface area contributed by atoms with E-state index in [9.17, 15) is 14.4 Å². The van der Waals surface area contributed by atoms with Gasteiger partial charge in [-0.05, 0) is 51.2 Å². The van der Waals surface area contributed by atoms with Gasteiger partial charge in [0.05, 0.1) is 5.69 Å². The van der Waals surface area contributed by atoms with Crippen LogP contribution in [-0.2, 0) is 21.6 Å². The summed E-state index contributed by atoms with van der Waals surface area (Å²) in [5, 5.41) is 2.54. The molecule has 0 bridgehead atoms. The molecule has 0 atom stereocenters. The molecule has 0 unspecified atom stereocenters. The van der Waals surface area contributed by atoms with Gasteiger partial charge in [0.2, 0.25) is 0 Å². The molecule has 0 saturated carbocycles. The highest BCUT2D eigenvalue weighted by molar-refractivity contribution is 9.10. The number of amides is 1. The zero-order chi connectivity index (χ0) is 21.9. The van der Waals surface area contributed by atoms with Crippen LogP contribution in [-0.4, -0.2) is 27.8 Å².